The summed E-state index contributed by atoms with van der Waals surface area (Å²) in [5.74, 6) is 1.91. The first-order valence-electron chi connectivity index (χ1n) is 7.36. The van der Waals surface area contributed by atoms with E-state index in [1.807, 2.05) is 13.8 Å². The maximum atomic E-state index is 11.6. The zero-order valence-corrected chi connectivity index (χ0v) is 12.6. The van der Waals surface area contributed by atoms with Crippen LogP contribution >= 0.6 is 0 Å². The van der Waals surface area contributed by atoms with E-state index >= 15 is 0 Å². The van der Waals surface area contributed by atoms with Crippen LogP contribution in [0.5, 0.6) is 0 Å². The van der Waals surface area contributed by atoms with Gasteiger partial charge in [-0.15, -0.1) is 0 Å². The van der Waals surface area contributed by atoms with Crippen molar-refractivity contribution in [1.29, 1.82) is 0 Å². The lowest BCUT2D eigenvalue weighted by Gasteiger charge is -2.27. The number of nitrogens with one attached hydrogen (secondary N) is 2. The van der Waals surface area contributed by atoms with Crippen molar-refractivity contribution in [2.75, 3.05) is 18.9 Å². The third kappa shape index (κ3) is 3.68. The second-order valence-electron chi connectivity index (χ2n) is 5.66. The topological polar surface area (TPSA) is 66.9 Å². The number of aryl methyl sites for hydroxylation is 2. The summed E-state index contributed by atoms with van der Waals surface area (Å²) in [5.41, 5.74) is 1.87. The molecule has 0 aromatic carbocycles. The molecule has 1 heterocycles. The number of amides is 1. The van der Waals surface area contributed by atoms with Gasteiger partial charge >= 0.3 is 0 Å². The highest BCUT2D eigenvalue weighted by Gasteiger charge is 2.25. The molecule has 0 spiro atoms. The van der Waals surface area contributed by atoms with Crippen molar-refractivity contribution < 1.29 is 4.79 Å². The Labute approximate surface area is 120 Å². The Bertz CT molecular complexity index is 467. The molecule has 110 valence electrons. The Morgan fingerprint density at radius 2 is 2.00 bits per heavy atom. The molecule has 0 saturated heterocycles. The second-order valence-corrected chi connectivity index (χ2v) is 5.66. The molecular formula is C15H24N4O. The number of aromatic nitrogens is 2. The van der Waals surface area contributed by atoms with E-state index in [1.54, 1.807) is 13.2 Å². The lowest BCUT2D eigenvalue weighted by atomic mass is 9.81. The van der Waals surface area contributed by atoms with Gasteiger partial charge in [0.15, 0.2) is 0 Å². The molecule has 1 saturated carbocycles. The number of carbonyl (C=O) groups excluding carboxylic acids is 1. The molecule has 1 aliphatic rings. The quantitative estimate of drug-likeness (QED) is 0.883. The molecule has 0 unspecified atom stereocenters. The van der Waals surface area contributed by atoms with Gasteiger partial charge in [0, 0.05) is 25.7 Å². The Morgan fingerprint density at radius 1 is 1.30 bits per heavy atom. The summed E-state index contributed by atoms with van der Waals surface area (Å²) in [6, 6.07) is 0. The van der Waals surface area contributed by atoms with Crippen molar-refractivity contribution in [3.05, 3.63) is 17.6 Å². The lowest BCUT2D eigenvalue weighted by Crippen LogP contribution is -2.32. The van der Waals surface area contributed by atoms with Gasteiger partial charge in [-0.3, -0.25) is 9.78 Å². The van der Waals surface area contributed by atoms with Crippen LogP contribution < -0.4 is 10.6 Å². The van der Waals surface area contributed by atoms with Crippen molar-refractivity contribution >= 4 is 11.7 Å². The van der Waals surface area contributed by atoms with Gasteiger partial charge in [-0.25, -0.2) is 4.98 Å². The van der Waals surface area contributed by atoms with Gasteiger partial charge < -0.3 is 10.6 Å². The van der Waals surface area contributed by atoms with E-state index in [9.17, 15) is 4.79 Å². The Morgan fingerprint density at radius 3 is 2.65 bits per heavy atom. The largest absolute Gasteiger partial charge is 0.368 e. The summed E-state index contributed by atoms with van der Waals surface area (Å²) >= 11 is 0. The molecule has 1 amide bonds. The highest BCUT2D eigenvalue weighted by Crippen LogP contribution is 2.29. The minimum Gasteiger partial charge on any atom is -0.368 e. The van der Waals surface area contributed by atoms with E-state index in [4.69, 9.17) is 0 Å². The fraction of sp³-hybridized carbons (Fsp3) is 0.667. The molecule has 5 nitrogen and oxygen atoms in total. The average Bonchev–Trinajstić information content (AvgIpc) is 2.48. The zero-order valence-electron chi connectivity index (χ0n) is 12.6. The predicted octanol–water partition coefficient (Wildman–Crippen LogP) is 2.06. The van der Waals surface area contributed by atoms with Gasteiger partial charge in [-0.2, -0.15) is 0 Å². The van der Waals surface area contributed by atoms with Crippen molar-refractivity contribution in [3.63, 3.8) is 0 Å². The normalized spacial score (nSPS) is 22.4. The molecule has 0 atom stereocenters. The smallest absolute Gasteiger partial charge is 0.222 e. The predicted molar refractivity (Wildman–Crippen MR) is 79.5 cm³/mol. The van der Waals surface area contributed by atoms with E-state index in [0.717, 1.165) is 49.4 Å². The average molecular weight is 276 g/mol. The van der Waals surface area contributed by atoms with Gasteiger partial charge in [0.05, 0.1) is 11.4 Å². The lowest BCUT2D eigenvalue weighted by molar-refractivity contribution is -0.125. The SMILES string of the molecule is CNC(=O)C1CCC(CNc2nc(C)cnc2C)CC1. The molecule has 1 aromatic rings. The number of nitrogens with zero attached hydrogens (tertiary/aromatic N) is 2. The van der Waals surface area contributed by atoms with Crippen LogP contribution in [0.1, 0.15) is 37.1 Å². The minimum atomic E-state index is 0.191. The van der Waals surface area contributed by atoms with Crippen LogP contribution in [0.2, 0.25) is 0 Å². The van der Waals surface area contributed by atoms with Crippen molar-refractivity contribution in [2.45, 2.75) is 39.5 Å². The molecule has 0 radical (unpaired) electrons. The van der Waals surface area contributed by atoms with E-state index < -0.39 is 0 Å². The van der Waals surface area contributed by atoms with Gasteiger partial charge in [-0.05, 0) is 45.4 Å². The summed E-state index contributed by atoms with van der Waals surface area (Å²) in [5, 5.41) is 6.16. The van der Waals surface area contributed by atoms with Crippen molar-refractivity contribution in [2.24, 2.45) is 11.8 Å². The third-order valence-electron chi connectivity index (χ3n) is 4.10. The maximum Gasteiger partial charge on any atom is 0.222 e. The van der Waals surface area contributed by atoms with Crippen LogP contribution in [0, 0.1) is 25.7 Å². The molecule has 2 N–H and O–H groups in total. The monoisotopic (exact) mass is 276 g/mol. The van der Waals surface area contributed by atoms with E-state index in [2.05, 4.69) is 20.6 Å². The third-order valence-corrected chi connectivity index (χ3v) is 4.10. The first-order chi connectivity index (χ1) is 9.60. The van der Waals surface area contributed by atoms with Gasteiger partial charge in [0.1, 0.15) is 5.82 Å². The maximum absolute atomic E-state index is 11.6. The van der Waals surface area contributed by atoms with Crippen LogP contribution in [-0.4, -0.2) is 29.5 Å². The summed E-state index contributed by atoms with van der Waals surface area (Å²) in [6.07, 6.45) is 5.97. The van der Waals surface area contributed by atoms with E-state index in [1.165, 1.54) is 0 Å². The Hall–Kier alpha value is -1.65. The van der Waals surface area contributed by atoms with Crippen LogP contribution in [0.4, 0.5) is 5.82 Å². The molecule has 1 aromatic heterocycles. The molecule has 20 heavy (non-hydrogen) atoms. The molecule has 0 bridgehead atoms. The Kier molecular flexibility index (Phi) is 4.93. The summed E-state index contributed by atoms with van der Waals surface area (Å²) in [7, 11) is 1.72. The highest BCUT2D eigenvalue weighted by atomic mass is 16.1. The molecule has 5 heteroatoms. The summed E-state index contributed by atoms with van der Waals surface area (Å²) in [6.45, 7) is 4.84. The van der Waals surface area contributed by atoms with Crippen LogP contribution in [0.25, 0.3) is 0 Å². The summed E-state index contributed by atoms with van der Waals surface area (Å²) in [4.78, 5) is 20.4. The molecule has 0 aliphatic heterocycles. The first-order valence-corrected chi connectivity index (χ1v) is 7.36. The van der Waals surface area contributed by atoms with Crippen molar-refractivity contribution in [3.8, 4) is 0 Å². The fourth-order valence-corrected chi connectivity index (χ4v) is 2.78. The number of hydrogen-bond acceptors (Lipinski definition) is 4. The highest BCUT2D eigenvalue weighted by molar-refractivity contribution is 5.78. The fourth-order valence-electron chi connectivity index (χ4n) is 2.78. The van der Waals surface area contributed by atoms with E-state index in [0.29, 0.717) is 5.92 Å². The minimum absolute atomic E-state index is 0.191. The van der Waals surface area contributed by atoms with Crippen LogP contribution in [-0.2, 0) is 4.79 Å². The van der Waals surface area contributed by atoms with Gasteiger partial charge in [-0.1, -0.05) is 0 Å². The number of rotatable bonds is 4. The molecule has 2 rings (SSSR count). The Balaban J connectivity index is 1.81. The zero-order chi connectivity index (χ0) is 14.5. The number of anilines is 1. The number of hydrogen-bond donors (Lipinski definition) is 2. The summed E-state index contributed by atoms with van der Waals surface area (Å²) < 4.78 is 0. The van der Waals surface area contributed by atoms with Crippen molar-refractivity contribution in [1.82, 2.24) is 15.3 Å². The van der Waals surface area contributed by atoms with Gasteiger partial charge in [0.25, 0.3) is 0 Å². The second kappa shape index (κ2) is 6.68. The first kappa shape index (κ1) is 14.8. The molecule has 1 fully saturated rings. The van der Waals surface area contributed by atoms with Crippen LogP contribution in [0.3, 0.4) is 0 Å². The van der Waals surface area contributed by atoms with Gasteiger partial charge in [0.2, 0.25) is 5.91 Å². The number of carbonyl (C=O) groups is 1. The molecular weight excluding hydrogens is 252 g/mol. The standard InChI is InChI=1S/C15H24N4O/c1-10-8-17-11(2)14(19-10)18-9-12-4-6-13(7-5-12)15(20)16-3/h8,12-13H,4-7,9H2,1-3H3,(H,16,20)(H,18,19). The van der Waals surface area contributed by atoms with Crippen LogP contribution in [0.15, 0.2) is 6.20 Å². The molecule has 1 aliphatic carbocycles. The van der Waals surface area contributed by atoms with E-state index in [-0.39, 0.29) is 11.8 Å².